The molecule has 190 valence electrons. The molecule has 1 unspecified atom stereocenters. The summed E-state index contributed by atoms with van der Waals surface area (Å²) >= 11 is 6.63. The minimum absolute atomic E-state index is 0.112. The van der Waals surface area contributed by atoms with Crippen LogP contribution in [0, 0.1) is 18.6 Å². The molecule has 0 radical (unpaired) electrons. The molecule has 2 aliphatic rings. The molecule has 0 spiro atoms. The van der Waals surface area contributed by atoms with Crippen molar-refractivity contribution in [1.29, 1.82) is 0 Å². The molecule has 2 aromatic carbocycles. The molecular weight excluding hydrogens is 508 g/mol. The molecule has 0 saturated carbocycles. The van der Waals surface area contributed by atoms with E-state index in [0.717, 1.165) is 6.07 Å². The molecule has 0 aliphatic carbocycles. The Morgan fingerprint density at radius 3 is 2.81 bits per heavy atom. The van der Waals surface area contributed by atoms with E-state index in [-0.39, 0.29) is 51.5 Å². The van der Waals surface area contributed by atoms with Crippen molar-refractivity contribution in [3.8, 4) is 22.6 Å². The Bertz CT molecular complexity index is 1540. The number of carbonyl (C=O) groups is 1. The molecule has 1 saturated heterocycles. The highest BCUT2D eigenvalue weighted by Crippen LogP contribution is 2.49. The summed E-state index contributed by atoms with van der Waals surface area (Å²) in [5.74, 6) is -1.68. The zero-order valence-corrected chi connectivity index (χ0v) is 20.3. The van der Waals surface area contributed by atoms with Crippen LogP contribution in [0.25, 0.3) is 22.0 Å². The van der Waals surface area contributed by atoms with Gasteiger partial charge in [-0.2, -0.15) is 4.68 Å². The monoisotopic (exact) mass is 527 g/mol. The van der Waals surface area contributed by atoms with Crippen molar-refractivity contribution in [3.05, 3.63) is 53.1 Å². The third kappa shape index (κ3) is 3.62. The summed E-state index contributed by atoms with van der Waals surface area (Å²) in [7, 11) is 0. The fourth-order valence-corrected chi connectivity index (χ4v) is 5.31. The van der Waals surface area contributed by atoms with Gasteiger partial charge >= 0.3 is 6.03 Å². The molecular formula is C24H20ClF2N7O3. The first-order chi connectivity index (χ1) is 17.9. The number of rotatable bonds is 1. The first kappa shape index (κ1) is 23.3. The Balaban J connectivity index is 1.46. The van der Waals surface area contributed by atoms with E-state index in [9.17, 15) is 14.3 Å². The van der Waals surface area contributed by atoms with Crippen LogP contribution in [0.4, 0.5) is 19.4 Å². The van der Waals surface area contributed by atoms with E-state index in [1.165, 1.54) is 29.3 Å². The maximum atomic E-state index is 15.9. The molecule has 4 aromatic rings. The van der Waals surface area contributed by atoms with Crippen LogP contribution in [0.1, 0.15) is 12.1 Å². The summed E-state index contributed by atoms with van der Waals surface area (Å²) in [6.07, 6.45) is 3.23. The fourth-order valence-electron chi connectivity index (χ4n) is 4.98. The molecule has 2 aromatic heterocycles. The lowest BCUT2D eigenvalue weighted by molar-refractivity contribution is 0.175. The van der Waals surface area contributed by atoms with E-state index < -0.39 is 17.4 Å². The number of hydrogen-bond donors (Lipinski definition) is 1. The van der Waals surface area contributed by atoms with Gasteiger partial charge in [-0.3, -0.25) is 0 Å². The maximum Gasteiger partial charge on any atom is 0.346 e. The number of hydrogen-bond acceptors (Lipinski definition) is 8. The van der Waals surface area contributed by atoms with E-state index in [2.05, 4.69) is 20.3 Å². The highest BCUT2D eigenvalue weighted by Gasteiger charge is 2.36. The van der Waals surface area contributed by atoms with Gasteiger partial charge in [0.25, 0.3) is 0 Å². The van der Waals surface area contributed by atoms with Crippen LogP contribution in [0.5, 0.6) is 11.5 Å². The van der Waals surface area contributed by atoms with Crippen molar-refractivity contribution in [3.63, 3.8) is 0 Å². The summed E-state index contributed by atoms with van der Waals surface area (Å²) in [5.41, 5.74) is -0.191. The number of halogens is 3. The number of aromatic hydroxyl groups is 1. The largest absolute Gasteiger partial charge is 0.507 e. The van der Waals surface area contributed by atoms with Crippen LogP contribution in [-0.4, -0.2) is 73.3 Å². The lowest BCUT2D eigenvalue weighted by Gasteiger charge is -2.43. The minimum atomic E-state index is -0.899. The van der Waals surface area contributed by atoms with Crippen molar-refractivity contribution in [2.45, 2.75) is 19.4 Å². The van der Waals surface area contributed by atoms with Gasteiger partial charge in [-0.05, 0) is 19.1 Å². The van der Waals surface area contributed by atoms with E-state index in [0.29, 0.717) is 37.6 Å². The standard InChI is InChI=1S/C24H20ClF2N7O3/c1-12-9-30-31-34(12)24(36)32-6-7-33-13(10-32)5-8-37-22-18-21(28-11-29-23(18)33)20(27)17(19(22)25)16-14(26)3-2-4-15(16)35/h2-4,9,11,13,35H,5-8,10H2,1H3. The van der Waals surface area contributed by atoms with Crippen LogP contribution in [0.15, 0.2) is 30.7 Å². The topological polar surface area (TPSA) is 110 Å². The summed E-state index contributed by atoms with van der Waals surface area (Å²) < 4.78 is 37.9. The summed E-state index contributed by atoms with van der Waals surface area (Å²) in [5, 5.41) is 18.0. The van der Waals surface area contributed by atoms with Crippen molar-refractivity contribution < 1.29 is 23.4 Å². The summed E-state index contributed by atoms with van der Waals surface area (Å²) in [6, 6.07) is 3.20. The Labute approximate surface area is 214 Å². The second-order valence-corrected chi connectivity index (χ2v) is 9.27. The fraction of sp³-hybridized carbons (Fsp3) is 0.292. The van der Waals surface area contributed by atoms with Crippen LogP contribution < -0.4 is 9.64 Å². The van der Waals surface area contributed by atoms with E-state index >= 15 is 4.39 Å². The van der Waals surface area contributed by atoms with Gasteiger partial charge < -0.3 is 19.6 Å². The second-order valence-electron chi connectivity index (χ2n) is 8.89. The van der Waals surface area contributed by atoms with Gasteiger partial charge in [0.2, 0.25) is 0 Å². The number of benzene rings is 2. The number of nitrogens with zero attached hydrogens (tertiary/aromatic N) is 7. The van der Waals surface area contributed by atoms with E-state index in [1.807, 2.05) is 4.90 Å². The van der Waals surface area contributed by atoms with Crippen molar-refractivity contribution in [1.82, 2.24) is 29.9 Å². The molecule has 6 rings (SSSR count). The normalized spacial score (nSPS) is 17.2. The maximum absolute atomic E-state index is 15.9. The lowest BCUT2D eigenvalue weighted by atomic mass is 9.99. The first-order valence-corrected chi connectivity index (χ1v) is 11.9. The summed E-state index contributed by atoms with van der Waals surface area (Å²) in [4.78, 5) is 25.2. The minimum Gasteiger partial charge on any atom is -0.507 e. The molecule has 0 bridgehead atoms. The smallest absolute Gasteiger partial charge is 0.346 e. The summed E-state index contributed by atoms with van der Waals surface area (Å²) in [6.45, 7) is 3.07. The molecule has 1 amide bonds. The molecule has 1 atom stereocenters. The molecule has 1 N–H and O–H groups in total. The number of aryl methyl sites for hydroxylation is 1. The second kappa shape index (κ2) is 8.80. The number of ether oxygens (including phenoxy) is 1. The molecule has 10 nitrogen and oxygen atoms in total. The number of anilines is 1. The molecule has 2 aliphatic heterocycles. The third-order valence-electron chi connectivity index (χ3n) is 6.77. The Kier molecular flexibility index (Phi) is 5.55. The molecule has 37 heavy (non-hydrogen) atoms. The van der Waals surface area contributed by atoms with Gasteiger partial charge in [0.1, 0.15) is 29.2 Å². The first-order valence-electron chi connectivity index (χ1n) is 11.6. The van der Waals surface area contributed by atoms with Gasteiger partial charge in [0.15, 0.2) is 11.6 Å². The predicted molar refractivity (Wildman–Crippen MR) is 130 cm³/mol. The van der Waals surface area contributed by atoms with Crippen LogP contribution >= 0.6 is 11.6 Å². The van der Waals surface area contributed by atoms with Crippen LogP contribution in [0.3, 0.4) is 0 Å². The molecule has 13 heteroatoms. The number of amides is 1. The van der Waals surface area contributed by atoms with E-state index in [4.69, 9.17) is 16.3 Å². The van der Waals surface area contributed by atoms with Crippen LogP contribution in [0.2, 0.25) is 5.02 Å². The average Bonchev–Trinajstić information content (AvgIpc) is 3.31. The lowest BCUT2D eigenvalue weighted by Crippen LogP contribution is -2.56. The Morgan fingerprint density at radius 2 is 2.05 bits per heavy atom. The Hall–Kier alpha value is -4.06. The van der Waals surface area contributed by atoms with Crippen molar-refractivity contribution in [2.75, 3.05) is 31.1 Å². The van der Waals surface area contributed by atoms with Gasteiger partial charge in [-0.15, -0.1) is 5.10 Å². The SMILES string of the molecule is Cc1cnnn1C(=O)N1CCN2c3ncnc4c(F)c(-c5c(O)cccc5F)c(Cl)c(c34)OCCC2C1. The highest BCUT2D eigenvalue weighted by molar-refractivity contribution is 6.36. The van der Waals surface area contributed by atoms with Gasteiger partial charge in [-0.1, -0.05) is 22.9 Å². The highest BCUT2D eigenvalue weighted by atomic mass is 35.5. The number of piperazine rings is 1. The number of aromatic nitrogens is 5. The number of phenols is 1. The van der Waals surface area contributed by atoms with E-state index in [1.54, 1.807) is 11.8 Å². The molecule has 1 fully saturated rings. The van der Waals surface area contributed by atoms with Gasteiger partial charge in [-0.25, -0.2) is 23.5 Å². The number of fused-ring (bicyclic) bond motifs is 2. The zero-order valence-electron chi connectivity index (χ0n) is 19.5. The molecule has 4 heterocycles. The average molecular weight is 528 g/mol. The van der Waals surface area contributed by atoms with Crippen molar-refractivity contribution in [2.24, 2.45) is 0 Å². The zero-order chi connectivity index (χ0) is 25.8. The van der Waals surface area contributed by atoms with Gasteiger partial charge in [0.05, 0.1) is 40.5 Å². The quantitative estimate of drug-likeness (QED) is 0.398. The number of carbonyl (C=O) groups excluding carboxylic acids is 1. The predicted octanol–water partition coefficient (Wildman–Crippen LogP) is 3.78. The van der Waals surface area contributed by atoms with Crippen LogP contribution in [-0.2, 0) is 0 Å². The van der Waals surface area contributed by atoms with Gasteiger partial charge in [0, 0.05) is 31.6 Å². The third-order valence-corrected chi connectivity index (χ3v) is 7.13. The van der Waals surface area contributed by atoms with Crippen molar-refractivity contribution >= 4 is 34.4 Å². The Morgan fingerprint density at radius 1 is 1.22 bits per heavy atom. The number of phenolic OH excluding ortho intramolecular Hbond substituents is 1.